The van der Waals surface area contributed by atoms with Crippen LogP contribution in [-0.2, 0) is 23.1 Å². The van der Waals surface area contributed by atoms with Crippen LogP contribution in [0.2, 0.25) is 0 Å². The molecule has 1 fully saturated rings. The summed E-state index contributed by atoms with van der Waals surface area (Å²) in [5.41, 5.74) is 5.39. The summed E-state index contributed by atoms with van der Waals surface area (Å²) in [5, 5.41) is 21.1. The summed E-state index contributed by atoms with van der Waals surface area (Å²) in [6.45, 7) is 11.3. The normalized spacial score (nSPS) is 20.4. The zero-order chi connectivity index (χ0) is 40.3. The van der Waals surface area contributed by atoms with E-state index in [4.69, 9.17) is 10.00 Å². The second-order valence-electron chi connectivity index (χ2n) is 13.9. The molecule has 12 nitrogen and oxygen atoms in total. The molecule has 1 aromatic heterocycles. The van der Waals surface area contributed by atoms with Gasteiger partial charge in [0.05, 0.1) is 25.7 Å². The quantitative estimate of drug-likeness (QED) is 0.0554. The van der Waals surface area contributed by atoms with Crippen molar-refractivity contribution in [2.45, 2.75) is 137 Å². The van der Waals surface area contributed by atoms with Crippen LogP contribution in [0.15, 0.2) is 75.3 Å². The molecule has 0 aromatic carbocycles. The number of aromatic nitrogens is 2. The maximum atomic E-state index is 14.9. The summed E-state index contributed by atoms with van der Waals surface area (Å²) in [6, 6.07) is 2.83. The van der Waals surface area contributed by atoms with Crippen LogP contribution >= 0.6 is 7.82 Å². The molecule has 4 atom stereocenters. The number of hydrogen-bond acceptors (Lipinski definition) is 9. The highest BCUT2D eigenvalue weighted by molar-refractivity contribution is 7.47. The fourth-order valence-electron chi connectivity index (χ4n) is 5.44. The molecule has 2 heterocycles. The van der Waals surface area contributed by atoms with E-state index in [1.165, 1.54) is 22.3 Å². The molecule has 0 bridgehead atoms. The van der Waals surface area contributed by atoms with E-state index < -0.39 is 57.0 Å². The van der Waals surface area contributed by atoms with Crippen molar-refractivity contribution in [3.63, 3.8) is 0 Å². The molecule has 300 valence electrons. The van der Waals surface area contributed by atoms with Gasteiger partial charge in [-0.05, 0) is 105 Å². The van der Waals surface area contributed by atoms with Crippen molar-refractivity contribution >= 4 is 19.5 Å². The van der Waals surface area contributed by atoms with E-state index in [1.54, 1.807) is 6.07 Å². The predicted octanol–water partition coefficient (Wildman–Crippen LogP) is 8.78. The third kappa shape index (κ3) is 17.3. The molecule has 15 heteroatoms. The Morgan fingerprint density at radius 1 is 0.944 bits per heavy atom. The highest BCUT2D eigenvalue weighted by Crippen LogP contribution is 2.47. The molecule has 2 rings (SSSR count). The maximum Gasteiger partial charge on any atom is 0.472 e. The van der Waals surface area contributed by atoms with E-state index in [-0.39, 0.29) is 18.7 Å². The molecule has 1 unspecified atom stereocenters. The number of alkyl halides is 2. The van der Waals surface area contributed by atoms with Gasteiger partial charge in [-0.3, -0.25) is 18.4 Å². The Balaban J connectivity index is 1.77. The van der Waals surface area contributed by atoms with Gasteiger partial charge in [0.1, 0.15) is 11.9 Å². The van der Waals surface area contributed by atoms with Gasteiger partial charge in [-0.25, -0.2) is 9.36 Å². The number of phosphoric ester groups is 1. The Morgan fingerprint density at radius 3 is 2.02 bits per heavy atom. The van der Waals surface area contributed by atoms with Gasteiger partial charge >= 0.3 is 19.4 Å². The van der Waals surface area contributed by atoms with Crippen molar-refractivity contribution in [3.8, 4) is 6.07 Å². The zero-order valence-electron chi connectivity index (χ0n) is 32.4. The molecule has 0 saturated carbocycles. The van der Waals surface area contributed by atoms with E-state index in [9.17, 15) is 32.9 Å². The third-order valence-electron chi connectivity index (χ3n) is 8.65. The number of aliphatic hydroxyl groups is 1. The smallest absolute Gasteiger partial charge is 0.384 e. The average Bonchev–Trinajstić information content (AvgIpc) is 3.31. The van der Waals surface area contributed by atoms with Gasteiger partial charge in [-0.1, -0.05) is 58.2 Å². The second kappa shape index (κ2) is 23.4. The number of ether oxygens (including phenoxy) is 1. The number of aliphatic hydroxyl groups excluding tert-OH is 1. The van der Waals surface area contributed by atoms with Crippen LogP contribution in [-0.4, -0.2) is 56.8 Å². The largest absolute Gasteiger partial charge is 0.472 e. The highest BCUT2D eigenvalue weighted by Gasteiger charge is 2.60. The number of unbranched alkanes of at least 4 members (excludes halogenated alkanes) is 1. The molecular formula is C39H57F2N4O8P. The SMILES string of the molecule is CC(C)=CCC/C(C)=C/CC/C(C)=C/CC/C=C(\C)CC/C=C(\C)CCC(=O)Nc1ccn([C@@H]2O[C@H](COP(=O)(O)OCCC#N)[C@@H](O)C2(F)F)c(=O)n1. The number of nitriles is 1. The van der Waals surface area contributed by atoms with E-state index in [2.05, 4.69) is 84.3 Å². The van der Waals surface area contributed by atoms with Crippen molar-refractivity contribution in [1.29, 1.82) is 5.26 Å². The molecule has 54 heavy (non-hydrogen) atoms. The Bertz CT molecular complexity index is 1690. The number of nitrogens with one attached hydrogen (secondary N) is 1. The van der Waals surface area contributed by atoms with Crippen LogP contribution in [0.3, 0.4) is 0 Å². The number of halogens is 2. The van der Waals surface area contributed by atoms with E-state index in [0.717, 1.165) is 69.2 Å². The Kier molecular flexibility index (Phi) is 20.2. The monoisotopic (exact) mass is 778 g/mol. The number of carbonyl (C=O) groups is 1. The standard InChI is InChI=1S/C39H57F2N4O8P/c1-28(2)13-9-16-31(5)19-10-17-29(3)14-7-8-15-30(4)18-11-20-32(6)21-22-35(46)43-34-23-25-45(38(48)44-34)37-39(40,41)36(47)33(53-37)27-52-54(49,50)51-26-12-24-42/h13-15,19-20,23,25,33,36-37,47H,7-12,16-18,21-22,26-27H2,1-6H3,(H,49,50)(H,43,44,46,48)/b29-14+,30-15+,31-19+,32-20+/t33-,36-,37-/m1/s1. The van der Waals surface area contributed by atoms with Crippen molar-refractivity contribution in [2.24, 2.45) is 0 Å². The van der Waals surface area contributed by atoms with Gasteiger partial charge in [-0.2, -0.15) is 19.0 Å². The molecular weight excluding hydrogens is 721 g/mol. The summed E-state index contributed by atoms with van der Waals surface area (Å²) in [7, 11) is -4.72. The van der Waals surface area contributed by atoms with Gasteiger partial charge < -0.3 is 20.1 Å². The van der Waals surface area contributed by atoms with Gasteiger partial charge in [-0.15, -0.1) is 0 Å². The minimum Gasteiger partial charge on any atom is -0.384 e. The van der Waals surface area contributed by atoms with Crippen molar-refractivity contribution in [3.05, 3.63) is 81.0 Å². The van der Waals surface area contributed by atoms with Crippen molar-refractivity contribution in [2.75, 3.05) is 18.5 Å². The Labute approximate surface area is 317 Å². The lowest BCUT2D eigenvalue weighted by atomic mass is 10.0. The van der Waals surface area contributed by atoms with E-state index in [0.29, 0.717) is 11.0 Å². The zero-order valence-corrected chi connectivity index (χ0v) is 33.2. The van der Waals surface area contributed by atoms with Crippen LogP contribution < -0.4 is 11.0 Å². The molecule has 1 aliphatic rings. The molecule has 1 aromatic rings. The van der Waals surface area contributed by atoms with Crippen LogP contribution in [0.1, 0.15) is 118 Å². The first kappa shape index (κ1) is 46.6. The van der Waals surface area contributed by atoms with Crippen LogP contribution in [0.25, 0.3) is 0 Å². The van der Waals surface area contributed by atoms with Crippen LogP contribution in [0.5, 0.6) is 0 Å². The number of anilines is 1. The maximum absolute atomic E-state index is 14.9. The van der Waals surface area contributed by atoms with Gasteiger partial charge in [0.2, 0.25) is 12.1 Å². The lowest BCUT2D eigenvalue weighted by Crippen LogP contribution is -2.42. The van der Waals surface area contributed by atoms with Gasteiger partial charge in [0.25, 0.3) is 0 Å². The molecule has 1 saturated heterocycles. The summed E-state index contributed by atoms with van der Waals surface area (Å²) < 4.78 is 56.4. The third-order valence-corrected chi connectivity index (χ3v) is 9.64. The van der Waals surface area contributed by atoms with Crippen LogP contribution in [0.4, 0.5) is 14.6 Å². The van der Waals surface area contributed by atoms with E-state index in [1.807, 2.05) is 6.92 Å². The summed E-state index contributed by atoms with van der Waals surface area (Å²) in [5.74, 6) is -4.58. The number of hydrogen-bond donors (Lipinski definition) is 3. The molecule has 0 aliphatic carbocycles. The summed E-state index contributed by atoms with van der Waals surface area (Å²) >= 11 is 0. The second-order valence-corrected chi connectivity index (χ2v) is 15.3. The molecule has 0 radical (unpaired) electrons. The van der Waals surface area contributed by atoms with Gasteiger partial charge in [0.15, 0.2) is 6.10 Å². The lowest BCUT2D eigenvalue weighted by Gasteiger charge is -2.21. The summed E-state index contributed by atoms with van der Waals surface area (Å²) in [4.78, 5) is 38.5. The number of allylic oxidation sites excluding steroid dienone is 10. The first-order valence-electron chi connectivity index (χ1n) is 18.3. The van der Waals surface area contributed by atoms with E-state index >= 15 is 0 Å². The lowest BCUT2D eigenvalue weighted by molar-refractivity contribution is -0.140. The number of rotatable bonds is 23. The first-order chi connectivity index (χ1) is 25.4. The number of phosphoric acid groups is 1. The number of carbonyl (C=O) groups excluding carboxylic acids is 1. The minimum atomic E-state index is -4.72. The topological polar surface area (TPSA) is 173 Å². The number of amides is 1. The minimum absolute atomic E-state index is 0.117. The molecule has 1 amide bonds. The average molecular weight is 779 g/mol. The Hall–Kier alpha value is -3.57. The fraction of sp³-hybridized carbons (Fsp3) is 0.590. The summed E-state index contributed by atoms with van der Waals surface area (Å²) in [6.07, 6.45) is 14.2. The predicted molar refractivity (Wildman–Crippen MR) is 205 cm³/mol. The van der Waals surface area contributed by atoms with Gasteiger partial charge in [0, 0.05) is 12.6 Å². The first-order valence-corrected chi connectivity index (χ1v) is 19.8. The molecule has 3 N–H and O–H groups in total. The Morgan fingerprint density at radius 2 is 1.48 bits per heavy atom. The van der Waals surface area contributed by atoms with Crippen molar-refractivity contribution < 1.29 is 41.9 Å². The molecule has 0 spiro atoms. The van der Waals surface area contributed by atoms with Crippen molar-refractivity contribution in [1.82, 2.24) is 9.55 Å². The number of nitrogens with zero attached hydrogens (tertiary/aromatic N) is 3. The highest BCUT2D eigenvalue weighted by atomic mass is 31.2. The fourth-order valence-corrected chi connectivity index (χ4v) is 6.18. The van der Waals surface area contributed by atoms with Crippen LogP contribution in [0, 0.1) is 11.3 Å². The molecule has 1 aliphatic heterocycles.